The topological polar surface area (TPSA) is 85.9 Å². The molecule has 0 saturated carbocycles. The van der Waals surface area contributed by atoms with Crippen molar-refractivity contribution in [1.82, 2.24) is 14.9 Å². The van der Waals surface area contributed by atoms with Crippen LogP contribution in [0.3, 0.4) is 0 Å². The molecule has 0 atom stereocenters. The molecule has 1 aromatic heterocycles. The van der Waals surface area contributed by atoms with E-state index >= 15 is 0 Å². The Hall–Kier alpha value is -3.68. The van der Waals surface area contributed by atoms with Gasteiger partial charge in [0.1, 0.15) is 17.8 Å². The Kier molecular flexibility index (Phi) is 7.15. The Morgan fingerprint density at radius 1 is 0.867 bits per heavy atom. The maximum Gasteiger partial charge on any atom is 0.265 e. The third kappa shape index (κ3) is 5.91. The molecule has 156 valence electrons. The molecule has 1 heterocycles. The summed E-state index contributed by atoms with van der Waals surface area (Å²) in [5.41, 5.74) is 4.57. The minimum Gasteiger partial charge on any atom is -0.490 e. The standard InChI is InChI=1S/C22H26N6O2/c1-16(2)29-20-11-7-5-9-18(20)13-23-26-22-27-24-15-28(22)25-14-19-10-6-8-12-21(19)30-17(3)4/h5-17H,1-4H3,(H,26,27)/b23-13-,25-14+. The average Bonchev–Trinajstić information content (AvgIpc) is 3.15. The molecule has 8 nitrogen and oxygen atoms in total. The number of nitrogens with zero attached hydrogens (tertiary/aromatic N) is 5. The molecule has 0 saturated heterocycles. The van der Waals surface area contributed by atoms with Gasteiger partial charge >= 0.3 is 0 Å². The van der Waals surface area contributed by atoms with Gasteiger partial charge in [-0.2, -0.15) is 14.9 Å². The van der Waals surface area contributed by atoms with Gasteiger partial charge in [-0.05, 0) is 52.0 Å². The average molecular weight is 406 g/mol. The number of hydrazone groups is 1. The van der Waals surface area contributed by atoms with Gasteiger partial charge in [-0.1, -0.05) is 24.3 Å². The van der Waals surface area contributed by atoms with E-state index in [4.69, 9.17) is 9.47 Å². The van der Waals surface area contributed by atoms with E-state index in [0.29, 0.717) is 5.95 Å². The summed E-state index contributed by atoms with van der Waals surface area (Å²) in [5, 5.41) is 16.6. The van der Waals surface area contributed by atoms with Crippen LogP contribution in [-0.4, -0.2) is 39.5 Å². The summed E-state index contributed by atoms with van der Waals surface area (Å²) in [6.45, 7) is 7.93. The summed E-state index contributed by atoms with van der Waals surface area (Å²) in [6, 6.07) is 15.4. The second kappa shape index (κ2) is 10.2. The molecule has 30 heavy (non-hydrogen) atoms. The van der Waals surface area contributed by atoms with Crippen molar-refractivity contribution in [2.24, 2.45) is 10.2 Å². The van der Waals surface area contributed by atoms with Crippen molar-refractivity contribution in [3.8, 4) is 11.5 Å². The van der Waals surface area contributed by atoms with Crippen molar-refractivity contribution in [1.29, 1.82) is 0 Å². The molecule has 0 aliphatic carbocycles. The molecular weight excluding hydrogens is 380 g/mol. The second-order valence-electron chi connectivity index (χ2n) is 7.02. The van der Waals surface area contributed by atoms with Crippen molar-refractivity contribution >= 4 is 18.4 Å². The maximum absolute atomic E-state index is 5.82. The lowest BCUT2D eigenvalue weighted by atomic mass is 10.2. The van der Waals surface area contributed by atoms with Gasteiger partial charge in [-0.15, -0.1) is 10.2 Å². The van der Waals surface area contributed by atoms with Crippen LogP contribution in [0, 0.1) is 0 Å². The van der Waals surface area contributed by atoms with Crippen molar-refractivity contribution in [3.63, 3.8) is 0 Å². The normalized spacial score (nSPS) is 11.7. The fourth-order valence-electron chi connectivity index (χ4n) is 2.57. The first-order valence-electron chi connectivity index (χ1n) is 9.77. The molecule has 0 aliphatic rings. The molecule has 3 rings (SSSR count). The van der Waals surface area contributed by atoms with Crippen LogP contribution in [0.4, 0.5) is 5.95 Å². The van der Waals surface area contributed by atoms with E-state index in [1.807, 2.05) is 76.2 Å². The van der Waals surface area contributed by atoms with Crippen LogP contribution >= 0.6 is 0 Å². The largest absolute Gasteiger partial charge is 0.490 e. The van der Waals surface area contributed by atoms with Crippen LogP contribution in [-0.2, 0) is 0 Å². The van der Waals surface area contributed by atoms with Crippen LogP contribution in [0.2, 0.25) is 0 Å². The fraction of sp³-hybridized carbons (Fsp3) is 0.273. The second-order valence-corrected chi connectivity index (χ2v) is 7.02. The first-order chi connectivity index (χ1) is 14.5. The van der Waals surface area contributed by atoms with Gasteiger partial charge in [0, 0.05) is 11.1 Å². The van der Waals surface area contributed by atoms with E-state index in [-0.39, 0.29) is 12.2 Å². The molecule has 0 radical (unpaired) electrons. The minimum absolute atomic E-state index is 0.0728. The molecule has 0 amide bonds. The number of hydrogen-bond acceptors (Lipinski definition) is 7. The number of aromatic nitrogens is 3. The highest BCUT2D eigenvalue weighted by molar-refractivity contribution is 5.84. The van der Waals surface area contributed by atoms with Crippen molar-refractivity contribution < 1.29 is 9.47 Å². The number of ether oxygens (including phenoxy) is 2. The zero-order valence-corrected chi connectivity index (χ0v) is 17.6. The molecule has 3 aromatic rings. The van der Waals surface area contributed by atoms with Gasteiger partial charge in [0.15, 0.2) is 0 Å². The summed E-state index contributed by atoms with van der Waals surface area (Å²) >= 11 is 0. The molecule has 2 aromatic carbocycles. The molecule has 0 aliphatic heterocycles. The Morgan fingerprint density at radius 3 is 2.03 bits per heavy atom. The van der Waals surface area contributed by atoms with Crippen LogP contribution in [0.5, 0.6) is 11.5 Å². The Bertz CT molecular complexity index is 1010. The SMILES string of the molecule is CC(C)Oc1ccccc1/C=N\Nc1nncn1/N=C/c1ccccc1OC(C)C. The van der Waals surface area contributed by atoms with E-state index in [9.17, 15) is 0 Å². The van der Waals surface area contributed by atoms with Gasteiger partial charge in [0.25, 0.3) is 5.95 Å². The number of para-hydroxylation sites is 2. The highest BCUT2D eigenvalue weighted by Gasteiger charge is 2.06. The first-order valence-corrected chi connectivity index (χ1v) is 9.77. The number of hydrogen-bond donors (Lipinski definition) is 1. The molecule has 1 N–H and O–H groups in total. The smallest absolute Gasteiger partial charge is 0.265 e. The monoisotopic (exact) mass is 406 g/mol. The summed E-state index contributed by atoms with van der Waals surface area (Å²) < 4.78 is 13.1. The van der Waals surface area contributed by atoms with Crippen molar-refractivity contribution in [2.75, 3.05) is 5.43 Å². The predicted molar refractivity (Wildman–Crippen MR) is 119 cm³/mol. The Morgan fingerprint density at radius 2 is 1.43 bits per heavy atom. The summed E-state index contributed by atoms with van der Waals surface area (Å²) in [7, 11) is 0. The summed E-state index contributed by atoms with van der Waals surface area (Å²) in [4.78, 5) is 0. The van der Waals surface area contributed by atoms with E-state index in [1.165, 1.54) is 11.0 Å². The maximum atomic E-state index is 5.82. The predicted octanol–water partition coefficient (Wildman–Crippen LogP) is 4.18. The van der Waals surface area contributed by atoms with Gasteiger partial charge in [0.05, 0.1) is 24.6 Å². The highest BCUT2D eigenvalue weighted by Crippen LogP contribution is 2.18. The van der Waals surface area contributed by atoms with Gasteiger partial charge in [-0.3, -0.25) is 0 Å². The van der Waals surface area contributed by atoms with Crippen LogP contribution in [0.1, 0.15) is 38.8 Å². The van der Waals surface area contributed by atoms with Crippen LogP contribution < -0.4 is 14.9 Å². The Labute approximate surface area is 176 Å². The molecule has 0 unspecified atom stereocenters. The first kappa shape index (κ1) is 21.0. The van der Waals surface area contributed by atoms with Crippen LogP contribution in [0.25, 0.3) is 0 Å². The van der Waals surface area contributed by atoms with E-state index in [1.54, 1.807) is 12.4 Å². The third-order valence-corrected chi connectivity index (χ3v) is 3.78. The van der Waals surface area contributed by atoms with Crippen LogP contribution in [0.15, 0.2) is 65.1 Å². The van der Waals surface area contributed by atoms with E-state index in [0.717, 1.165) is 22.6 Å². The number of anilines is 1. The lowest BCUT2D eigenvalue weighted by Gasteiger charge is -2.11. The fourth-order valence-corrected chi connectivity index (χ4v) is 2.57. The van der Waals surface area contributed by atoms with Crippen molar-refractivity contribution in [3.05, 3.63) is 66.0 Å². The van der Waals surface area contributed by atoms with Gasteiger partial charge in [0.2, 0.25) is 0 Å². The zero-order chi connectivity index (χ0) is 21.3. The number of nitrogens with one attached hydrogen (secondary N) is 1. The lowest BCUT2D eigenvalue weighted by Crippen LogP contribution is -2.07. The third-order valence-electron chi connectivity index (χ3n) is 3.78. The summed E-state index contributed by atoms with van der Waals surface area (Å²) in [6.07, 6.45) is 5.01. The Balaban J connectivity index is 1.72. The minimum atomic E-state index is 0.0728. The number of rotatable bonds is 9. The lowest BCUT2D eigenvalue weighted by molar-refractivity contribution is 0.242. The molecule has 0 spiro atoms. The molecule has 0 bridgehead atoms. The quantitative estimate of drug-likeness (QED) is 0.426. The number of benzene rings is 2. The molecule has 8 heteroatoms. The van der Waals surface area contributed by atoms with E-state index in [2.05, 4.69) is 25.8 Å². The zero-order valence-electron chi connectivity index (χ0n) is 17.6. The highest BCUT2D eigenvalue weighted by atomic mass is 16.5. The van der Waals surface area contributed by atoms with E-state index < -0.39 is 0 Å². The van der Waals surface area contributed by atoms with Gasteiger partial charge in [-0.25, -0.2) is 5.43 Å². The van der Waals surface area contributed by atoms with Gasteiger partial charge < -0.3 is 9.47 Å². The van der Waals surface area contributed by atoms with Crippen molar-refractivity contribution in [2.45, 2.75) is 39.9 Å². The summed E-state index contributed by atoms with van der Waals surface area (Å²) in [5.74, 6) is 1.91. The molecule has 0 fully saturated rings. The molecular formula is C22H26N6O2.